The van der Waals surface area contributed by atoms with Crippen molar-refractivity contribution in [2.24, 2.45) is 0 Å². The third kappa shape index (κ3) is 5.82. The monoisotopic (exact) mass is 409 g/mol. The Kier molecular flexibility index (Phi) is 7.46. The molecule has 0 amide bonds. The first-order chi connectivity index (χ1) is 13.7. The highest BCUT2D eigenvalue weighted by Gasteiger charge is 2.18. The first-order valence-corrected chi connectivity index (χ1v) is 10.4. The van der Waals surface area contributed by atoms with Crippen LogP contribution in [-0.4, -0.2) is 13.2 Å². The molecule has 1 N–H and O–H groups in total. The van der Waals surface area contributed by atoms with Crippen molar-refractivity contribution in [2.75, 3.05) is 12.4 Å². The van der Waals surface area contributed by atoms with E-state index in [0.29, 0.717) is 0 Å². The van der Waals surface area contributed by atoms with Gasteiger partial charge in [-0.1, -0.05) is 48.0 Å². The summed E-state index contributed by atoms with van der Waals surface area (Å²) < 4.78 is 5.24. The van der Waals surface area contributed by atoms with Crippen LogP contribution in [0.1, 0.15) is 17.2 Å². The lowest BCUT2D eigenvalue weighted by Crippen LogP contribution is -2.19. The number of hydrogen-bond acceptors (Lipinski definition) is 3. The van der Waals surface area contributed by atoms with E-state index in [4.69, 9.17) is 16.3 Å². The second kappa shape index (κ2) is 10.3. The van der Waals surface area contributed by atoms with Crippen molar-refractivity contribution in [3.63, 3.8) is 0 Å². The van der Waals surface area contributed by atoms with E-state index < -0.39 is 0 Å². The minimum absolute atomic E-state index is 0.137. The van der Waals surface area contributed by atoms with Gasteiger partial charge < -0.3 is 10.1 Å². The lowest BCUT2D eigenvalue weighted by atomic mass is 10.0. The fourth-order valence-electron chi connectivity index (χ4n) is 2.94. The van der Waals surface area contributed by atoms with Gasteiger partial charge in [-0.15, -0.1) is 18.3 Å². The highest BCUT2D eigenvalue weighted by molar-refractivity contribution is 7.99. The summed E-state index contributed by atoms with van der Waals surface area (Å²) in [6.45, 7) is 4.04. The van der Waals surface area contributed by atoms with Gasteiger partial charge >= 0.3 is 0 Å². The van der Waals surface area contributed by atoms with Crippen molar-refractivity contribution in [3.05, 3.63) is 102 Å². The lowest BCUT2D eigenvalue weighted by molar-refractivity contribution is 0.415. The minimum Gasteiger partial charge on any atom is -0.497 e. The van der Waals surface area contributed by atoms with E-state index in [1.165, 1.54) is 10.5 Å². The van der Waals surface area contributed by atoms with E-state index in [1.807, 2.05) is 60.3 Å². The fourth-order valence-corrected chi connectivity index (χ4v) is 4.29. The average Bonchev–Trinajstić information content (AvgIpc) is 2.75. The third-order valence-corrected chi connectivity index (χ3v) is 6.00. The van der Waals surface area contributed by atoms with Crippen molar-refractivity contribution in [1.82, 2.24) is 0 Å². The maximum absolute atomic E-state index is 6.04. The topological polar surface area (TPSA) is 21.3 Å². The predicted octanol–water partition coefficient (Wildman–Crippen LogP) is 7.24. The van der Waals surface area contributed by atoms with Crippen LogP contribution in [-0.2, 0) is 0 Å². The minimum atomic E-state index is 0.137. The quantitative estimate of drug-likeness (QED) is 0.297. The molecule has 0 radical (unpaired) electrons. The van der Waals surface area contributed by atoms with E-state index in [2.05, 4.69) is 48.3 Å². The van der Waals surface area contributed by atoms with E-state index in [1.54, 1.807) is 7.11 Å². The van der Waals surface area contributed by atoms with Crippen LogP contribution in [0.25, 0.3) is 0 Å². The smallest absolute Gasteiger partial charge is 0.119 e. The summed E-state index contributed by atoms with van der Waals surface area (Å²) in [7, 11) is 1.67. The molecule has 4 heteroatoms. The highest BCUT2D eigenvalue weighted by Crippen LogP contribution is 2.39. The molecular formula is C24H24ClNOS. The van der Waals surface area contributed by atoms with Gasteiger partial charge in [-0.2, -0.15) is 0 Å². The van der Waals surface area contributed by atoms with Gasteiger partial charge in [0.2, 0.25) is 0 Å². The number of rotatable bonds is 9. The second-order valence-corrected chi connectivity index (χ2v) is 8.13. The maximum Gasteiger partial charge on any atom is 0.119 e. The van der Waals surface area contributed by atoms with Gasteiger partial charge in [0.1, 0.15) is 5.75 Å². The Bertz CT molecular complexity index is 865. The summed E-state index contributed by atoms with van der Waals surface area (Å²) in [5, 5.41) is 4.61. The van der Waals surface area contributed by atoms with Gasteiger partial charge in [-0.05, 0) is 60.5 Å². The van der Waals surface area contributed by atoms with E-state index in [9.17, 15) is 0 Å². The Morgan fingerprint density at radius 1 is 1.00 bits per heavy atom. The van der Waals surface area contributed by atoms with E-state index in [0.717, 1.165) is 22.9 Å². The molecule has 0 aliphatic carbocycles. The summed E-state index contributed by atoms with van der Waals surface area (Å²) in [6, 6.07) is 26.7. The number of hydrogen-bond donors (Lipinski definition) is 1. The van der Waals surface area contributed by atoms with Crippen molar-refractivity contribution < 1.29 is 4.74 Å². The molecule has 0 aliphatic rings. The van der Waals surface area contributed by atoms with Crippen molar-refractivity contribution in [2.45, 2.75) is 22.6 Å². The Balaban J connectivity index is 1.76. The van der Waals surface area contributed by atoms with Crippen LogP contribution in [0.5, 0.6) is 5.75 Å². The van der Waals surface area contributed by atoms with E-state index >= 15 is 0 Å². The zero-order valence-corrected chi connectivity index (χ0v) is 17.4. The van der Waals surface area contributed by atoms with Crippen LogP contribution in [0.4, 0.5) is 5.69 Å². The zero-order valence-electron chi connectivity index (χ0n) is 15.8. The Labute approximate surface area is 176 Å². The SMILES string of the molecule is C=CC(CC(Sc1ccc(Cl)cc1)c1ccccc1)Nc1ccc(OC)cc1. The first kappa shape index (κ1) is 20.4. The van der Waals surface area contributed by atoms with Gasteiger partial charge in [-0.3, -0.25) is 0 Å². The van der Waals surface area contributed by atoms with Gasteiger partial charge in [0.15, 0.2) is 0 Å². The van der Waals surface area contributed by atoms with Crippen LogP contribution < -0.4 is 10.1 Å². The van der Waals surface area contributed by atoms with Crippen LogP contribution in [0.2, 0.25) is 5.02 Å². The van der Waals surface area contributed by atoms with Crippen LogP contribution in [0.3, 0.4) is 0 Å². The molecule has 3 aromatic carbocycles. The standard InChI is InChI=1S/C24H24ClNOS/c1-3-20(26-21-11-13-22(27-2)14-12-21)17-24(18-7-5-4-6-8-18)28-23-15-9-19(25)10-16-23/h3-16,20,24,26H,1,17H2,2H3. The number of benzene rings is 3. The van der Waals surface area contributed by atoms with Gasteiger partial charge in [0.25, 0.3) is 0 Å². The Hall–Kier alpha value is -2.36. The fraction of sp³-hybridized carbons (Fsp3) is 0.167. The number of nitrogens with one attached hydrogen (secondary N) is 1. The third-order valence-electron chi connectivity index (χ3n) is 4.46. The molecule has 2 unspecified atom stereocenters. The Morgan fingerprint density at radius 2 is 1.68 bits per heavy atom. The first-order valence-electron chi connectivity index (χ1n) is 9.18. The number of anilines is 1. The summed E-state index contributed by atoms with van der Waals surface area (Å²) >= 11 is 7.89. The molecule has 0 heterocycles. The number of methoxy groups -OCH3 is 1. The molecule has 2 nitrogen and oxygen atoms in total. The van der Waals surface area contributed by atoms with Gasteiger partial charge in [-0.25, -0.2) is 0 Å². The molecule has 144 valence electrons. The highest BCUT2D eigenvalue weighted by atomic mass is 35.5. The molecule has 0 saturated heterocycles. The Morgan fingerprint density at radius 3 is 2.29 bits per heavy atom. The average molecular weight is 410 g/mol. The van der Waals surface area contributed by atoms with Crippen molar-refractivity contribution >= 4 is 29.1 Å². The molecule has 0 saturated carbocycles. The van der Waals surface area contributed by atoms with Crippen molar-refractivity contribution in [3.8, 4) is 5.75 Å². The molecular weight excluding hydrogens is 386 g/mol. The molecule has 0 spiro atoms. The normalized spacial score (nSPS) is 12.8. The zero-order chi connectivity index (χ0) is 19.8. The largest absolute Gasteiger partial charge is 0.497 e. The maximum atomic E-state index is 6.04. The van der Waals surface area contributed by atoms with Crippen molar-refractivity contribution in [1.29, 1.82) is 0 Å². The summed E-state index contributed by atoms with van der Waals surface area (Å²) in [6.07, 6.45) is 2.88. The second-order valence-electron chi connectivity index (χ2n) is 6.42. The molecule has 0 bridgehead atoms. The predicted molar refractivity (Wildman–Crippen MR) is 122 cm³/mol. The molecule has 2 atom stereocenters. The summed E-state index contributed by atoms with van der Waals surface area (Å²) in [5.74, 6) is 0.848. The van der Waals surface area contributed by atoms with Gasteiger partial charge in [0, 0.05) is 26.9 Å². The number of ether oxygens (including phenoxy) is 1. The number of thioether (sulfide) groups is 1. The van der Waals surface area contributed by atoms with Gasteiger partial charge in [0.05, 0.1) is 7.11 Å². The molecule has 3 rings (SSSR count). The summed E-state index contributed by atoms with van der Waals surface area (Å²) in [4.78, 5) is 1.20. The molecule has 28 heavy (non-hydrogen) atoms. The molecule has 0 aromatic heterocycles. The molecule has 0 fully saturated rings. The number of halogens is 1. The summed E-state index contributed by atoms with van der Waals surface area (Å²) in [5.41, 5.74) is 2.35. The van der Waals surface area contributed by atoms with Crippen LogP contribution in [0.15, 0.2) is 96.4 Å². The lowest BCUT2D eigenvalue weighted by Gasteiger charge is -2.23. The molecule has 0 aliphatic heterocycles. The van der Waals surface area contributed by atoms with Crippen LogP contribution in [0, 0.1) is 0 Å². The van der Waals surface area contributed by atoms with Crippen LogP contribution >= 0.6 is 23.4 Å². The van der Waals surface area contributed by atoms with E-state index in [-0.39, 0.29) is 11.3 Å². The molecule has 3 aromatic rings.